The summed E-state index contributed by atoms with van der Waals surface area (Å²) in [5, 5.41) is 6.87. The molecule has 0 saturated carbocycles. The summed E-state index contributed by atoms with van der Waals surface area (Å²) in [6, 6.07) is 0. The van der Waals surface area contributed by atoms with Gasteiger partial charge in [0.05, 0.1) is 19.3 Å². The van der Waals surface area contributed by atoms with Crippen LogP contribution in [0.2, 0.25) is 0 Å². The number of aliphatic imine (C=N–C) groups is 1. The fourth-order valence-electron chi connectivity index (χ4n) is 4.10. The molecule has 0 radical (unpaired) electrons. The molecule has 2 saturated heterocycles. The second-order valence-corrected chi connectivity index (χ2v) is 8.78. The zero-order chi connectivity index (χ0) is 20.9. The number of unbranched alkanes of at least 4 members (excludes halogenated alkanes) is 1. The Kier molecular flexibility index (Phi) is 15.3. The molecule has 8 heteroatoms. The molecule has 178 valence electrons. The number of likely N-dealkylation sites (N-methyl/N-ethyl adjacent to an activating group) is 1. The molecule has 2 aliphatic rings. The maximum atomic E-state index is 5.93. The first kappa shape index (κ1) is 27.9. The molecule has 0 spiro atoms. The van der Waals surface area contributed by atoms with Crippen LogP contribution in [0.1, 0.15) is 40.5 Å². The van der Waals surface area contributed by atoms with Crippen molar-refractivity contribution in [1.29, 1.82) is 0 Å². The van der Waals surface area contributed by atoms with E-state index < -0.39 is 0 Å². The molecule has 1 atom stereocenters. The van der Waals surface area contributed by atoms with Crippen LogP contribution in [0.15, 0.2) is 4.99 Å². The molecular weight excluding hydrogens is 491 g/mol. The Morgan fingerprint density at radius 3 is 2.40 bits per heavy atom. The third kappa shape index (κ3) is 11.5. The van der Waals surface area contributed by atoms with Crippen LogP contribution in [0.5, 0.6) is 0 Å². The van der Waals surface area contributed by atoms with Gasteiger partial charge in [-0.15, -0.1) is 24.0 Å². The van der Waals surface area contributed by atoms with Gasteiger partial charge in [-0.3, -0.25) is 9.89 Å². The highest BCUT2D eigenvalue weighted by Gasteiger charge is 2.20. The first-order valence-corrected chi connectivity index (χ1v) is 11.9. The predicted molar refractivity (Wildman–Crippen MR) is 138 cm³/mol. The maximum Gasteiger partial charge on any atom is 0.191 e. The van der Waals surface area contributed by atoms with E-state index in [-0.39, 0.29) is 30.1 Å². The maximum absolute atomic E-state index is 5.93. The van der Waals surface area contributed by atoms with E-state index in [0.29, 0.717) is 5.92 Å². The van der Waals surface area contributed by atoms with Gasteiger partial charge in [0.25, 0.3) is 0 Å². The van der Waals surface area contributed by atoms with Gasteiger partial charge < -0.3 is 25.2 Å². The van der Waals surface area contributed by atoms with Gasteiger partial charge in [-0.25, -0.2) is 0 Å². The summed E-state index contributed by atoms with van der Waals surface area (Å²) in [5.74, 6) is 1.63. The number of hydrogen-bond donors (Lipinski definition) is 2. The highest BCUT2D eigenvalue weighted by Crippen LogP contribution is 2.08. The fraction of sp³-hybridized carbons (Fsp3) is 0.955. The van der Waals surface area contributed by atoms with E-state index in [4.69, 9.17) is 9.73 Å². The van der Waals surface area contributed by atoms with Crippen LogP contribution in [0.25, 0.3) is 0 Å². The second kappa shape index (κ2) is 16.5. The lowest BCUT2D eigenvalue weighted by Crippen LogP contribution is -2.46. The summed E-state index contributed by atoms with van der Waals surface area (Å²) in [6.45, 7) is 22.8. The standard InChI is InChI=1S/C22H46N6O.HI/c1-5-23-22(25-17-21-19-28(15-16-29-21)18-20(3)4)24-9-7-8-10-27-13-11-26(6-2)12-14-27;/h20-21H,5-19H2,1-4H3,(H2,23,24,25);1H. The largest absolute Gasteiger partial charge is 0.374 e. The van der Waals surface area contributed by atoms with Crippen molar-refractivity contribution in [2.24, 2.45) is 10.9 Å². The Hall–Kier alpha value is -0.160. The Balaban J connectivity index is 0.00000450. The lowest BCUT2D eigenvalue weighted by atomic mass is 10.2. The lowest BCUT2D eigenvalue weighted by Gasteiger charge is -2.34. The molecule has 1 unspecified atom stereocenters. The van der Waals surface area contributed by atoms with E-state index in [1.165, 1.54) is 52.1 Å². The number of nitrogens with zero attached hydrogens (tertiary/aromatic N) is 4. The quantitative estimate of drug-likeness (QED) is 0.182. The van der Waals surface area contributed by atoms with Crippen molar-refractivity contribution in [3.63, 3.8) is 0 Å². The number of hydrogen-bond acceptors (Lipinski definition) is 5. The number of halogens is 1. The van der Waals surface area contributed by atoms with Crippen LogP contribution in [-0.4, -0.2) is 112 Å². The number of piperazine rings is 1. The fourth-order valence-corrected chi connectivity index (χ4v) is 4.10. The molecular formula is C22H47IN6O. The zero-order valence-electron chi connectivity index (χ0n) is 19.9. The van der Waals surface area contributed by atoms with E-state index in [1.807, 2.05) is 0 Å². The van der Waals surface area contributed by atoms with E-state index >= 15 is 0 Å². The van der Waals surface area contributed by atoms with Gasteiger partial charge >= 0.3 is 0 Å². The Labute approximate surface area is 202 Å². The van der Waals surface area contributed by atoms with Crippen molar-refractivity contribution in [2.75, 3.05) is 85.1 Å². The van der Waals surface area contributed by atoms with Crippen LogP contribution < -0.4 is 10.6 Å². The molecule has 2 N–H and O–H groups in total. The topological polar surface area (TPSA) is 55.4 Å². The minimum Gasteiger partial charge on any atom is -0.374 e. The summed E-state index contributed by atoms with van der Waals surface area (Å²) in [6.07, 6.45) is 2.63. The van der Waals surface area contributed by atoms with Crippen molar-refractivity contribution in [3.05, 3.63) is 0 Å². The van der Waals surface area contributed by atoms with Gasteiger partial charge in [-0.05, 0) is 38.8 Å². The lowest BCUT2D eigenvalue weighted by molar-refractivity contribution is -0.0261. The first-order chi connectivity index (χ1) is 14.1. The minimum absolute atomic E-state index is 0. The third-order valence-corrected chi connectivity index (χ3v) is 5.75. The molecule has 30 heavy (non-hydrogen) atoms. The van der Waals surface area contributed by atoms with Crippen LogP contribution in [-0.2, 0) is 4.74 Å². The summed E-state index contributed by atoms with van der Waals surface area (Å²) in [4.78, 5) is 12.4. The van der Waals surface area contributed by atoms with Crippen LogP contribution in [0.3, 0.4) is 0 Å². The molecule has 0 amide bonds. The smallest absolute Gasteiger partial charge is 0.191 e. The molecule has 2 heterocycles. The summed E-state index contributed by atoms with van der Waals surface area (Å²) in [7, 11) is 0. The van der Waals surface area contributed by atoms with E-state index in [1.54, 1.807) is 0 Å². The van der Waals surface area contributed by atoms with Gasteiger partial charge in [0.1, 0.15) is 0 Å². The number of guanidine groups is 1. The van der Waals surface area contributed by atoms with Crippen LogP contribution in [0, 0.1) is 5.92 Å². The summed E-state index contributed by atoms with van der Waals surface area (Å²) >= 11 is 0. The van der Waals surface area contributed by atoms with Crippen molar-refractivity contribution >= 4 is 29.9 Å². The molecule has 0 aromatic heterocycles. The average Bonchev–Trinajstić information content (AvgIpc) is 2.72. The zero-order valence-corrected chi connectivity index (χ0v) is 22.2. The highest BCUT2D eigenvalue weighted by atomic mass is 127. The van der Waals surface area contributed by atoms with Gasteiger partial charge in [0, 0.05) is 58.9 Å². The molecule has 2 aliphatic heterocycles. The van der Waals surface area contributed by atoms with Crippen molar-refractivity contribution in [3.8, 4) is 0 Å². The van der Waals surface area contributed by atoms with Crippen molar-refractivity contribution in [1.82, 2.24) is 25.3 Å². The number of rotatable bonds is 11. The molecule has 0 aliphatic carbocycles. The first-order valence-electron chi connectivity index (χ1n) is 11.9. The van der Waals surface area contributed by atoms with Crippen molar-refractivity contribution < 1.29 is 4.74 Å². The molecule has 2 rings (SSSR count). The Bertz CT molecular complexity index is 457. The van der Waals surface area contributed by atoms with E-state index in [0.717, 1.165) is 51.8 Å². The molecule has 0 aromatic rings. The van der Waals surface area contributed by atoms with Gasteiger partial charge in [-0.1, -0.05) is 20.8 Å². The average molecular weight is 539 g/mol. The molecule has 7 nitrogen and oxygen atoms in total. The number of morpholine rings is 1. The summed E-state index contributed by atoms with van der Waals surface area (Å²) < 4.78 is 5.93. The Morgan fingerprint density at radius 1 is 1.00 bits per heavy atom. The normalized spacial score (nSPS) is 22.2. The molecule has 0 aromatic carbocycles. The van der Waals surface area contributed by atoms with E-state index in [2.05, 4.69) is 53.0 Å². The van der Waals surface area contributed by atoms with Crippen LogP contribution in [0.4, 0.5) is 0 Å². The number of ether oxygens (including phenoxy) is 1. The number of nitrogens with one attached hydrogen (secondary N) is 2. The SMILES string of the molecule is CCNC(=NCC1CN(CC(C)C)CCO1)NCCCCN1CCN(CC)CC1.I. The Morgan fingerprint density at radius 2 is 1.73 bits per heavy atom. The van der Waals surface area contributed by atoms with Gasteiger partial charge in [-0.2, -0.15) is 0 Å². The van der Waals surface area contributed by atoms with Crippen molar-refractivity contribution in [2.45, 2.75) is 46.6 Å². The van der Waals surface area contributed by atoms with Gasteiger partial charge in [0.15, 0.2) is 5.96 Å². The van der Waals surface area contributed by atoms with E-state index in [9.17, 15) is 0 Å². The summed E-state index contributed by atoms with van der Waals surface area (Å²) in [5.41, 5.74) is 0. The monoisotopic (exact) mass is 538 g/mol. The predicted octanol–water partition coefficient (Wildman–Crippen LogP) is 1.93. The third-order valence-electron chi connectivity index (χ3n) is 5.75. The molecule has 0 bridgehead atoms. The highest BCUT2D eigenvalue weighted by molar-refractivity contribution is 14.0. The van der Waals surface area contributed by atoms with Crippen LogP contribution >= 0.6 is 24.0 Å². The van der Waals surface area contributed by atoms with Gasteiger partial charge in [0.2, 0.25) is 0 Å². The second-order valence-electron chi connectivity index (χ2n) is 8.78. The minimum atomic E-state index is 0. The molecule has 2 fully saturated rings.